The molecule has 6 heteroatoms. The molecule has 1 aliphatic heterocycles. The molecule has 1 atom stereocenters. The summed E-state index contributed by atoms with van der Waals surface area (Å²) >= 11 is 0. The molecule has 1 unspecified atom stereocenters. The molecule has 2 fully saturated rings. The third kappa shape index (κ3) is 2.04. The zero-order valence-electron chi connectivity index (χ0n) is 8.96. The minimum absolute atomic E-state index is 0.212. The summed E-state index contributed by atoms with van der Waals surface area (Å²) in [5, 5.41) is 9.40. The van der Waals surface area contributed by atoms with E-state index in [-0.39, 0.29) is 6.54 Å². The molecule has 0 radical (unpaired) electrons. The van der Waals surface area contributed by atoms with Crippen LogP contribution in [-0.2, 0) is 4.79 Å². The van der Waals surface area contributed by atoms with E-state index in [9.17, 15) is 18.7 Å². The first-order valence-electron chi connectivity index (χ1n) is 5.47. The van der Waals surface area contributed by atoms with Gasteiger partial charge in [0.1, 0.15) is 5.54 Å². The van der Waals surface area contributed by atoms with Crippen molar-refractivity contribution >= 4 is 5.91 Å². The standard InChI is InChI=1S/C10H16F2N2O2/c11-10(12)5-9(13,6-10)8(16)14-3-1-2-7(15)4-14/h7,15H,1-6,13H2. The van der Waals surface area contributed by atoms with Gasteiger partial charge in [0, 0.05) is 25.9 Å². The fourth-order valence-corrected chi connectivity index (χ4v) is 2.48. The number of β-amino-alcohol motifs (C(OH)–C–C–N with tert-alkyl or cyclic N) is 1. The highest BCUT2D eigenvalue weighted by Gasteiger charge is 2.59. The number of carbonyl (C=O) groups is 1. The highest BCUT2D eigenvalue weighted by Crippen LogP contribution is 2.45. The van der Waals surface area contributed by atoms with Gasteiger partial charge in [0.05, 0.1) is 6.10 Å². The Labute approximate surface area is 92.4 Å². The molecule has 1 saturated heterocycles. The van der Waals surface area contributed by atoms with Crippen LogP contribution in [0.4, 0.5) is 8.78 Å². The summed E-state index contributed by atoms with van der Waals surface area (Å²) in [6.07, 6.45) is -0.366. The van der Waals surface area contributed by atoms with Crippen LogP contribution in [0.25, 0.3) is 0 Å². The van der Waals surface area contributed by atoms with E-state index in [2.05, 4.69) is 0 Å². The first kappa shape index (κ1) is 11.7. The van der Waals surface area contributed by atoms with Crippen LogP contribution in [0.2, 0.25) is 0 Å². The second kappa shape index (κ2) is 3.63. The van der Waals surface area contributed by atoms with Crippen LogP contribution in [-0.4, -0.2) is 46.6 Å². The molecule has 1 saturated carbocycles. The van der Waals surface area contributed by atoms with Gasteiger partial charge in [-0.2, -0.15) is 0 Å². The summed E-state index contributed by atoms with van der Waals surface area (Å²) in [4.78, 5) is 13.3. The second-order valence-electron chi connectivity index (χ2n) is 4.91. The molecule has 2 aliphatic rings. The Morgan fingerprint density at radius 3 is 2.56 bits per heavy atom. The maximum Gasteiger partial charge on any atom is 0.252 e. The number of rotatable bonds is 1. The first-order valence-corrected chi connectivity index (χ1v) is 5.47. The van der Waals surface area contributed by atoms with E-state index in [1.165, 1.54) is 4.90 Å². The quantitative estimate of drug-likeness (QED) is 0.676. The molecule has 2 rings (SSSR count). The van der Waals surface area contributed by atoms with Gasteiger partial charge < -0.3 is 15.7 Å². The smallest absolute Gasteiger partial charge is 0.252 e. The van der Waals surface area contributed by atoms with Gasteiger partial charge in [-0.05, 0) is 12.8 Å². The average Bonchev–Trinajstić information content (AvgIpc) is 2.13. The molecule has 0 bridgehead atoms. The van der Waals surface area contributed by atoms with Gasteiger partial charge in [-0.1, -0.05) is 0 Å². The number of hydrogen-bond acceptors (Lipinski definition) is 3. The molecule has 0 aromatic heterocycles. The number of alkyl halides is 2. The molecule has 1 heterocycles. The van der Waals surface area contributed by atoms with E-state index < -0.39 is 36.3 Å². The number of amides is 1. The van der Waals surface area contributed by atoms with Crippen molar-refractivity contribution in [3.05, 3.63) is 0 Å². The number of hydrogen-bond donors (Lipinski definition) is 2. The molecule has 0 aromatic carbocycles. The number of nitrogens with two attached hydrogens (primary N) is 1. The normalized spacial score (nSPS) is 32.0. The zero-order valence-corrected chi connectivity index (χ0v) is 8.96. The van der Waals surface area contributed by atoms with E-state index in [0.717, 1.165) is 0 Å². The summed E-state index contributed by atoms with van der Waals surface area (Å²) < 4.78 is 25.5. The van der Waals surface area contributed by atoms with Gasteiger partial charge in [-0.3, -0.25) is 4.79 Å². The van der Waals surface area contributed by atoms with Crippen molar-refractivity contribution in [3.8, 4) is 0 Å². The summed E-state index contributed by atoms with van der Waals surface area (Å²) in [5.41, 5.74) is 4.23. The van der Waals surface area contributed by atoms with Crippen molar-refractivity contribution in [2.75, 3.05) is 13.1 Å². The van der Waals surface area contributed by atoms with Gasteiger partial charge in [-0.15, -0.1) is 0 Å². The van der Waals surface area contributed by atoms with Crippen LogP contribution in [0.15, 0.2) is 0 Å². The zero-order chi connectivity index (χ0) is 12.0. The minimum Gasteiger partial charge on any atom is -0.391 e. The Bertz CT molecular complexity index is 301. The number of likely N-dealkylation sites (tertiary alicyclic amines) is 1. The number of aliphatic hydroxyl groups is 1. The van der Waals surface area contributed by atoms with Gasteiger partial charge in [-0.25, -0.2) is 8.78 Å². The molecule has 4 nitrogen and oxygen atoms in total. The number of carbonyl (C=O) groups excluding carboxylic acids is 1. The SMILES string of the molecule is NC1(C(=O)N2CCCC(O)C2)CC(F)(F)C1. The molecule has 1 aliphatic carbocycles. The van der Waals surface area contributed by atoms with Crippen LogP contribution in [0.1, 0.15) is 25.7 Å². The maximum absolute atomic E-state index is 12.7. The molecule has 16 heavy (non-hydrogen) atoms. The molecule has 1 amide bonds. The summed E-state index contributed by atoms with van der Waals surface area (Å²) in [6.45, 7) is 0.712. The van der Waals surface area contributed by atoms with Crippen LogP contribution in [0.3, 0.4) is 0 Å². The molecular formula is C10H16F2N2O2. The van der Waals surface area contributed by atoms with Crippen molar-refractivity contribution in [1.82, 2.24) is 4.90 Å². The van der Waals surface area contributed by atoms with Crippen molar-refractivity contribution in [2.24, 2.45) is 5.73 Å². The Hall–Kier alpha value is -0.750. The molecule has 3 N–H and O–H groups in total. The highest BCUT2D eigenvalue weighted by molar-refractivity contribution is 5.87. The molecule has 92 valence electrons. The van der Waals surface area contributed by atoms with E-state index in [1.54, 1.807) is 0 Å². The van der Waals surface area contributed by atoms with Crippen LogP contribution >= 0.6 is 0 Å². The predicted octanol–water partition coefficient (Wildman–Crippen LogP) is 0.0963. The Morgan fingerprint density at radius 1 is 1.44 bits per heavy atom. The summed E-state index contributed by atoms with van der Waals surface area (Å²) in [5.74, 6) is -3.25. The number of halogens is 2. The highest BCUT2D eigenvalue weighted by atomic mass is 19.3. The second-order valence-corrected chi connectivity index (χ2v) is 4.91. The monoisotopic (exact) mass is 234 g/mol. The van der Waals surface area contributed by atoms with Crippen LogP contribution in [0, 0.1) is 0 Å². The Kier molecular flexibility index (Phi) is 2.66. The lowest BCUT2D eigenvalue weighted by atomic mass is 9.73. The lowest BCUT2D eigenvalue weighted by molar-refractivity contribution is -0.167. The molecule has 0 spiro atoms. The van der Waals surface area contributed by atoms with Gasteiger partial charge in [0.25, 0.3) is 5.92 Å². The average molecular weight is 234 g/mol. The van der Waals surface area contributed by atoms with E-state index in [1.807, 2.05) is 0 Å². The maximum atomic E-state index is 12.7. The molecular weight excluding hydrogens is 218 g/mol. The molecule has 0 aromatic rings. The van der Waals surface area contributed by atoms with E-state index >= 15 is 0 Å². The van der Waals surface area contributed by atoms with E-state index in [4.69, 9.17) is 5.73 Å². The number of aliphatic hydroxyl groups excluding tert-OH is 1. The lowest BCUT2D eigenvalue weighted by Gasteiger charge is -2.46. The van der Waals surface area contributed by atoms with Crippen molar-refractivity contribution in [2.45, 2.75) is 43.2 Å². The Morgan fingerprint density at radius 2 is 2.06 bits per heavy atom. The van der Waals surface area contributed by atoms with E-state index in [0.29, 0.717) is 19.4 Å². The topological polar surface area (TPSA) is 66.6 Å². The number of nitrogens with zero attached hydrogens (tertiary/aromatic N) is 1. The fraction of sp³-hybridized carbons (Fsp3) is 0.900. The Balaban J connectivity index is 1.97. The van der Waals surface area contributed by atoms with Crippen LogP contribution < -0.4 is 5.73 Å². The van der Waals surface area contributed by atoms with Gasteiger partial charge >= 0.3 is 0 Å². The summed E-state index contributed by atoms with van der Waals surface area (Å²) in [7, 11) is 0. The number of piperidine rings is 1. The van der Waals surface area contributed by atoms with Gasteiger partial charge in [0.2, 0.25) is 5.91 Å². The third-order valence-electron chi connectivity index (χ3n) is 3.26. The largest absolute Gasteiger partial charge is 0.391 e. The third-order valence-corrected chi connectivity index (χ3v) is 3.26. The first-order chi connectivity index (χ1) is 7.32. The lowest BCUT2D eigenvalue weighted by Crippen LogP contribution is -2.67. The summed E-state index contributed by atoms with van der Waals surface area (Å²) in [6, 6.07) is 0. The van der Waals surface area contributed by atoms with Crippen molar-refractivity contribution < 1.29 is 18.7 Å². The fourth-order valence-electron chi connectivity index (χ4n) is 2.48. The van der Waals surface area contributed by atoms with Crippen molar-refractivity contribution in [3.63, 3.8) is 0 Å². The minimum atomic E-state index is -2.81. The van der Waals surface area contributed by atoms with Gasteiger partial charge in [0.15, 0.2) is 0 Å². The van der Waals surface area contributed by atoms with Crippen molar-refractivity contribution in [1.29, 1.82) is 0 Å². The predicted molar refractivity (Wildman–Crippen MR) is 52.9 cm³/mol. The van der Waals surface area contributed by atoms with Crippen LogP contribution in [0.5, 0.6) is 0 Å².